The Balaban J connectivity index is 1.76. The van der Waals surface area contributed by atoms with Gasteiger partial charge in [0, 0.05) is 24.6 Å². The smallest absolute Gasteiger partial charge is 0.303 e. The van der Waals surface area contributed by atoms with E-state index >= 15 is 0 Å². The highest BCUT2D eigenvalue weighted by Gasteiger charge is 2.48. The van der Waals surface area contributed by atoms with E-state index in [2.05, 4.69) is 4.99 Å². The molecule has 2 aliphatic rings. The number of hydrogen-bond donors (Lipinski definition) is 1. The van der Waals surface area contributed by atoms with Crippen LogP contribution in [0, 0.1) is 0 Å². The summed E-state index contributed by atoms with van der Waals surface area (Å²) in [6, 6.07) is 7.23. The number of carboxylic acids is 1. The molecular weight excluding hydrogens is 404 g/mol. The van der Waals surface area contributed by atoms with Crippen LogP contribution in [0.25, 0.3) is 0 Å². The Hall–Kier alpha value is -2.07. The van der Waals surface area contributed by atoms with Crippen LogP contribution in [0.2, 0.25) is 0 Å². The minimum atomic E-state index is -3.10. The summed E-state index contributed by atoms with van der Waals surface area (Å²) in [5.74, 6) is -0.480. The lowest BCUT2D eigenvalue weighted by molar-refractivity contribution is -0.137. The Labute approximate surface area is 167 Å². The predicted molar refractivity (Wildman–Crippen MR) is 106 cm³/mol. The SMILES string of the molecule is COc1ccc(CN2C(=NC(=O)CCCC(=O)O)S[C@@H]3CS(=O)(=O)C[C@@H]32)cc1. The first-order chi connectivity index (χ1) is 13.3. The number of carbonyl (C=O) groups is 2. The number of amidine groups is 1. The lowest BCUT2D eigenvalue weighted by Gasteiger charge is -2.24. The Kier molecular flexibility index (Phi) is 6.29. The van der Waals surface area contributed by atoms with Crippen LogP contribution in [0.1, 0.15) is 24.8 Å². The minimum Gasteiger partial charge on any atom is -0.497 e. The fourth-order valence-electron chi connectivity index (χ4n) is 3.30. The maximum Gasteiger partial charge on any atom is 0.303 e. The maximum absolute atomic E-state index is 12.2. The van der Waals surface area contributed by atoms with E-state index in [-0.39, 0.29) is 48.0 Å². The Bertz CT molecular complexity index is 882. The second-order valence-electron chi connectivity index (χ2n) is 6.81. The number of sulfone groups is 1. The van der Waals surface area contributed by atoms with Crippen molar-refractivity contribution >= 4 is 38.6 Å². The Morgan fingerprint density at radius 2 is 1.96 bits per heavy atom. The first kappa shape index (κ1) is 20.7. The molecule has 0 aromatic heterocycles. The number of rotatable bonds is 7. The molecule has 0 spiro atoms. The average Bonchev–Trinajstić information content (AvgIpc) is 3.07. The van der Waals surface area contributed by atoms with E-state index in [0.717, 1.165) is 11.3 Å². The number of methoxy groups -OCH3 is 1. The van der Waals surface area contributed by atoms with Crippen molar-refractivity contribution in [1.29, 1.82) is 0 Å². The normalized spacial score (nSPS) is 24.3. The van der Waals surface area contributed by atoms with Gasteiger partial charge >= 0.3 is 5.97 Å². The molecule has 2 atom stereocenters. The topological polar surface area (TPSA) is 113 Å². The van der Waals surface area contributed by atoms with E-state index in [1.807, 2.05) is 29.2 Å². The quantitative estimate of drug-likeness (QED) is 0.699. The molecule has 28 heavy (non-hydrogen) atoms. The highest BCUT2D eigenvalue weighted by molar-refractivity contribution is 8.15. The largest absolute Gasteiger partial charge is 0.497 e. The van der Waals surface area contributed by atoms with Crippen molar-refractivity contribution < 1.29 is 27.9 Å². The Morgan fingerprint density at radius 3 is 2.61 bits per heavy atom. The van der Waals surface area contributed by atoms with Gasteiger partial charge in [0.15, 0.2) is 15.0 Å². The number of aliphatic carboxylic acids is 1. The predicted octanol–water partition coefficient (Wildman–Crippen LogP) is 1.55. The highest BCUT2D eigenvalue weighted by Crippen LogP contribution is 2.39. The number of carbonyl (C=O) groups excluding carboxylic acids is 1. The molecule has 2 fully saturated rings. The summed E-state index contributed by atoms with van der Waals surface area (Å²) >= 11 is 1.32. The third-order valence-corrected chi connectivity index (χ3v) is 7.94. The summed E-state index contributed by atoms with van der Waals surface area (Å²) in [7, 11) is -1.52. The highest BCUT2D eigenvalue weighted by atomic mass is 32.2. The molecule has 1 amide bonds. The molecule has 152 valence electrons. The van der Waals surface area contributed by atoms with E-state index in [1.54, 1.807) is 7.11 Å². The number of benzene rings is 1. The van der Waals surface area contributed by atoms with Gasteiger partial charge in [-0.1, -0.05) is 23.9 Å². The number of thioether (sulfide) groups is 1. The zero-order valence-electron chi connectivity index (χ0n) is 15.4. The second-order valence-corrected chi connectivity index (χ2v) is 10.2. The molecule has 8 nitrogen and oxygen atoms in total. The standard InChI is InChI=1S/C18H22N2O6S2/c1-26-13-7-5-12(6-8-13)9-20-14-10-28(24,25)11-15(14)27-18(20)19-16(21)3-2-4-17(22)23/h5-8,14-15H,2-4,9-11H2,1H3,(H,22,23)/t14-,15+/m0/s1. The average molecular weight is 427 g/mol. The van der Waals surface area contributed by atoms with Crippen molar-refractivity contribution in [2.75, 3.05) is 18.6 Å². The van der Waals surface area contributed by atoms with Crippen LogP contribution in [0.5, 0.6) is 5.75 Å². The molecule has 0 aliphatic carbocycles. The number of fused-ring (bicyclic) bond motifs is 1. The first-order valence-electron chi connectivity index (χ1n) is 8.87. The molecule has 2 saturated heterocycles. The van der Waals surface area contributed by atoms with Crippen molar-refractivity contribution in [3.05, 3.63) is 29.8 Å². The second kappa shape index (κ2) is 8.52. The number of carboxylic acid groups (broad SMARTS) is 1. The van der Waals surface area contributed by atoms with Crippen LogP contribution in [0.4, 0.5) is 0 Å². The van der Waals surface area contributed by atoms with Gasteiger partial charge in [-0.05, 0) is 24.1 Å². The summed E-state index contributed by atoms with van der Waals surface area (Å²) in [4.78, 5) is 28.8. The summed E-state index contributed by atoms with van der Waals surface area (Å²) in [5, 5.41) is 9.06. The third-order valence-electron chi connectivity index (χ3n) is 4.69. The van der Waals surface area contributed by atoms with E-state index in [1.165, 1.54) is 11.8 Å². The molecular formula is C18H22N2O6S2. The molecule has 3 rings (SSSR count). The fraction of sp³-hybridized carbons (Fsp3) is 0.500. The molecule has 2 heterocycles. The van der Waals surface area contributed by atoms with E-state index < -0.39 is 15.8 Å². The zero-order chi connectivity index (χ0) is 20.3. The summed E-state index contributed by atoms with van der Waals surface area (Å²) in [6.07, 6.45) is 0.207. The van der Waals surface area contributed by atoms with Gasteiger partial charge in [0.05, 0.1) is 24.7 Å². The summed E-state index contributed by atoms with van der Waals surface area (Å²) in [5.41, 5.74) is 0.956. The molecule has 1 aromatic carbocycles. The van der Waals surface area contributed by atoms with Crippen LogP contribution >= 0.6 is 11.8 Å². The van der Waals surface area contributed by atoms with E-state index in [9.17, 15) is 18.0 Å². The maximum atomic E-state index is 12.2. The van der Waals surface area contributed by atoms with Gasteiger partial charge in [0.2, 0.25) is 5.91 Å². The molecule has 1 N–H and O–H groups in total. The number of nitrogens with zero attached hydrogens (tertiary/aromatic N) is 2. The van der Waals surface area contributed by atoms with Gasteiger partial charge in [-0.2, -0.15) is 4.99 Å². The van der Waals surface area contributed by atoms with Gasteiger partial charge in [0.1, 0.15) is 5.75 Å². The van der Waals surface area contributed by atoms with Gasteiger partial charge in [-0.25, -0.2) is 8.42 Å². The van der Waals surface area contributed by atoms with Gasteiger partial charge < -0.3 is 14.7 Å². The molecule has 1 aromatic rings. The van der Waals surface area contributed by atoms with Crippen molar-refractivity contribution in [2.24, 2.45) is 4.99 Å². The number of ether oxygens (including phenoxy) is 1. The molecule has 0 radical (unpaired) electrons. The number of aliphatic imine (C=N–C) groups is 1. The van der Waals surface area contributed by atoms with Crippen LogP contribution in [0.15, 0.2) is 29.3 Å². The van der Waals surface area contributed by atoms with Crippen molar-refractivity contribution in [3.8, 4) is 5.75 Å². The van der Waals surface area contributed by atoms with Gasteiger partial charge in [-0.3, -0.25) is 9.59 Å². The van der Waals surface area contributed by atoms with Crippen molar-refractivity contribution in [2.45, 2.75) is 37.1 Å². The lowest BCUT2D eigenvalue weighted by Crippen LogP contribution is -2.37. The van der Waals surface area contributed by atoms with Crippen LogP contribution in [0.3, 0.4) is 0 Å². The monoisotopic (exact) mass is 426 g/mol. The minimum absolute atomic E-state index is 0.0487. The first-order valence-corrected chi connectivity index (χ1v) is 11.6. The summed E-state index contributed by atoms with van der Waals surface area (Å²) < 4.78 is 29.2. The zero-order valence-corrected chi connectivity index (χ0v) is 17.0. The van der Waals surface area contributed by atoms with Crippen molar-refractivity contribution in [1.82, 2.24) is 4.90 Å². The lowest BCUT2D eigenvalue weighted by atomic mass is 10.1. The molecule has 0 bridgehead atoms. The molecule has 0 unspecified atom stereocenters. The van der Waals surface area contributed by atoms with Crippen LogP contribution < -0.4 is 4.74 Å². The molecule has 2 aliphatic heterocycles. The van der Waals surface area contributed by atoms with Crippen LogP contribution in [-0.2, 0) is 26.0 Å². The number of hydrogen-bond acceptors (Lipinski definition) is 6. The van der Waals surface area contributed by atoms with Crippen molar-refractivity contribution in [3.63, 3.8) is 0 Å². The summed E-state index contributed by atoms with van der Waals surface area (Å²) in [6.45, 7) is 0.439. The van der Waals surface area contributed by atoms with E-state index in [0.29, 0.717) is 11.7 Å². The van der Waals surface area contributed by atoms with Gasteiger partial charge in [-0.15, -0.1) is 0 Å². The Morgan fingerprint density at radius 1 is 1.25 bits per heavy atom. The molecule has 10 heteroatoms. The third kappa shape index (κ3) is 5.05. The molecule has 0 saturated carbocycles. The van der Waals surface area contributed by atoms with Crippen LogP contribution in [-0.4, -0.2) is 65.4 Å². The fourth-order valence-corrected chi connectivity index (χ4v) is 7.27. The van der Waals surface area contributed by atoms with Gasteiger partial charge in [0.25, 0.3) is 0 Å². The van der Waals surface area contributed by atoms with E-state index in [4.69, 9.17) is 9.84 Å². The number of amides is 1.